The van der Waals surface area contributed by atoms with Crippen LogP contribution in [0.4, 0.5) is 5.69 Å². The third kappa shape index (κ3) is 2.97. The molecular formula is C9H12ClN3O. The normalized spacial score (nSPS) is 11.0. The Hall–Kier alpha value is -1.13. The van der Waals surface area contributed by atoms with Crippen molar-refractivity contribution < 1.29 is 4.74 Å². The third-order valence-corrected chi connectivity index (χ3v) is 1.92. The molecule has 0 fully saturated rings. The number of anilines is 1. The highest BCUT2D eigenvalue weighted by Gasteiger charge is 2.01. The van der Waals surface area contributed by atoms with E-state index in [1.54, 1.807) is 25.6 Å². The minimum Gasteiger partial charge on any atom is -0.398 e. The molecule has 0 aliphatic carbocycles. The molecule has 1 aromatic heterocycles. The lowest BCUT2D eigenvalue weighted by atomic mass is 10.2. The molecule has 4 nitrogen and oxygen atoms in total. The average molecular weight is 214 g/mol. The van der Waals surface area contributed by atoms with Gasteiger partial charge in [-0.05, 0) is 6.07 Å². The number of nitrogens with zero attached hydrogens (tertiary/aromatic N) is 2. The Labute approximate surface area is 87.8 Å². The van der Waals surface area contributed by atoms with Crippen molar-refractivity contribution in [1.82, 2.24) is 4.98 Å². The smallest absolute Gasteiger partial charge is 0.139 e. The monoisotopic (exact) mass is 213 g/mol. The number of nitrogens with two attached hydrogens (primary N) is 1. The van der Waals surface area contributed by atoms with Crippen LogP contribution in [0.25, 0.3) is 0 Å². The molecule has 1 heterocycles. The van der Waals surface area contributed by atoms with Gasteiger partial charge in [0.1, 0.15) is 5.15 Å². The fourth-order valence-electron chi connectivity index (χ4n) is 0.889. The Balaban J connectivity index is 2.70. The molecule has 0 unspecified atom stereocenters. The van der Waals surface area contributed by atoms with Gasteiger partial charge < -0.3 is 10.5 Å². The maximum atomic E-state index is 5.83. The van der Waals surface area contributed by atoms with Crippen LogP contribution in [0, 0.1) is 0 Å². The fraction of sp³-hybridized carbons (Fsp3) is 0.333. The number of methoxy groups -OCH3 is 1. The zero-order valence-corrected chi connectivity index (χ0v) is 8.66. The van der Waals surface area contributed by atoms with Crippen LogP contribution in [0.1, 0.15) is 5.56 Å². The van der Waals surface area contributed by atoms with Gasteiger partial charge >= 0.3 is 0 Å². The van der Waals surface area contributed by atoms with E-state index in [1.165, 1.54) is 0 Å². The number of rotatable bonds is 4. The summed E-state index contributed by atoms with van der Waals surface area (Å²) < 4.78 is 4.85. The SMILES string of the molecule is COCCN=Cc1c(N)ccnc1Cl. The first-order chi connectivity index (χ1) is 6.75. The van der Waals surface area contributed by atoms with Crippen LogP contribution in [0.15, 0.2) is 17.3 Å². The Kier molecular flexibility index (Phi) is 4.35. The number of aliphatic imine (C=N–C) groups is 1. The molecular weight excluding hydrogens is 202 g/mol. The third-order valence-electron chi connectivity index (χ3n) is 1.62. The van der Waals surface area contributed by atoms with E-state index in [1.807, 2.05) is 0 Å². The number of halogens is 1. The second kappa shape index (κ2) is 5.57. The molecule has 0 bridgehead atoms. The summed E-state index contributed by atoms with van der Waals surface area (Å²) in [6.45, 7) is 1.16. The minimum absolute atomic E-state index is 0.367. The summed E-state index contributed by atoms with van der Waals surface area (Å²) in [4.78, 5) is 8.00. The van der Waals surface area contributed by atoms with Crippen molar-refractivity contribution in [3.63, 3.8) is 0 Å². The van der Waals surface area contributed by atoms with E-state index in [9.17, 15) is 0 Å². The fourth-order valence-corrected chi connectivity index (χ4v) is 1.10. The first-order valence-electron chi connectivity index (χ1n) is 4.14. The van der Waals surface area contributed by atoms with Gasteiger partial charge in [0, 0.05) is 25.2 Å². The van der Waals surface area contributed by atoms with Crippen LogP contribution in [-0.4, -0.2) is 31.5 Å². The van der Waals surface area contributed by atoms with Crippen molar-refractivity contribution >= 4 is 23.5 Å². The van der Waals surface area contributed by atoms with E-state index >= 15 is 0 Å². The second-order valence-corrected chi connectivity index (χ2v) is 2.99. The number of ether oxygens (including phenoxy) is 1. The van der Waals surface area contributed by atoms with Gasteiger partial charge in [0.2, 0.25) is 0 Å². The van der Waals surface area contributed by atoms with Gasteiger partial charge in [-0.2, -0.15) is 0 Å². The molecule has 14 heavy (non-hydrogen) atoms. The molecule has 0 saturated carbocycles. The summed E-state index contributed by atoms with van der Waals surface area (Å²) in [6.07, 6.45) is 3.17. The Morgan fingerprint density at radius 3 is 3.14 bits per heavy atom. The lowest BCUT2D eigenvalue weighted by Crippen LogP contribution is -1.98. The van der Waals surface area contributed by atoms with Gasteiger partial charge in [-0.3, -0.25) is 4.99 Å². The highest BCUT2D eigenvalue weighted by Crippen LogP contribution is 2.16. The van der Waals surface area contributed by atoms with Crippen molar-refractivity contribution in [2.75, 3.05) is 26.0 Å². The Morgan fingerprint density at radius 2 is 2.50 bits per heavy atom. The molecule has 0 aromatic carbocycles. The number of pyridine rings is 1. The lowest BCUT2D eigenvalue weighted by molar-refractivity contribution is 0.208. The van der Waals surface area contributed by atoms with E-state index < -0.39 is 0 Å². The van der Waals surface area contributed by atoms with E-state index in [4.69, 9.17) is 22.1 Å². The van der Waals surface area contributed by atoms with Crippen LogP contribution < -0.4 is 5.73 Å². The summed E-state index contributed by atoms with van der Waals surface area (Å²) in [5.41, 5.74) is 6.92. The van der Waals surface area contributed by atoms with Crippen LogP contribution in [0.2, 0.25) is 5.15 Å². The lowest BCUT2D eigenvalue weighted by Gasteiger charge is -2.00. The van der Waals surface area contributed by atoms with Gasteiger partial charge in [0.15, 0.2) is 0 Å². The van der Waals surface area contributed by atoms with Crippen LogP contribution >= 0.6 is 11.6 Å². The number of nitrogen functional groups attached to an aromatic ring is 1. The predicted octanol–water partition coefficient (Wildman–Crippen LogP) is 1.38. The van der Waals surface area contributed by atoms with E-state index in [2.05, 4.69) is 9.98 Å². The molecule has 5 heteroatoms. The van der Waals surface area contributed by atoms with Gasteiger partial charge in [0.25, 0.3) is 0 Å². The van der Waals surface area contributed by atoms with E-state index in [-0.39, 0.29) is 0 Å². The standard InChI is InChI=1S/C9H12ClN3O/c1-14-5-4-12-6-7-8(11)2-3-13-9(7)10/h2-3,6H,4-5H2,1H3,(H2,11,13). The van der Waals surface area contributed by atoms with Crippen LogP contribution in [-0.2, 0) is 4.74 Å². The summed E-state index contributed by atoms with van der Waals surface area (Å²) in [5, 5.41) is 0.367. The molecule has 0 spiro atoms. The van der Waals surface area contributed by atoms with Crippen molar-refractivity contribution in [2.24, 2.45) is 4.99 Å². The zero-order chi connectivity index (χ0) is 10.4. The maximum Gasteiger partial charge on any atom is 0.139 e. The number of hydrogen-bond acceptors (Lipinski definition) is 4. The molecule has 0 radical (unpaired) electrons. The van der Waals surface area contributed by atoms with Crippen molar-refractivity contribution in [3.8, 4) is 0 Å². The first kappa shape index (κ1) is 10.9. The molecule has 2 N–H and O–H groups in total. The number of hydrogen-bond donors (Lipinski definition) is 1. The zero-order valence-electron chi connectivity index (χ0n) is 7.90. The summed E-state index contributed by atoms with van der Waals surface area (Å²) in [5.74, 6) is 0. The highest BCUT2D eigenvalue weighted by molar-refractivity contribution is 6.32. The molecule has 0 amide bonds. The minimum atomic E-state index is 0.367. The van der Waals surface area contributed by atoms with Crippen molar-refractivity contribution in [3.05, 3.63) is 23.0 Å². The summed E-state index contributed by atoms with van der Waals surface area (Å²) in [7, 11) is 1.63. The van der Waals surface area contributed by atoms with Gasteiger partial charge in [-0.15, -0.1) is 0 Å². The van der Waals surface area contributed by atoms with Gasteiger partial charge in [0.05, 0.1) is 18.7 Å². The quantitative estimate of drug-likeness (QED) is 0.467. The van der Waals surface area contributed by atoms with Gasteiger partial charge in [-0.1, -0.05) is 11.6 Å². The topological polar surface area (TPSA) is 60.5 Å². The first-order valence-corrected chi connectivity index (χ1v) is 4.52. The van der Waals surface area contributed by atoms with Gasteiger partial charge in [-0.25, -0.2) is 4.98 Å². The predicted molar refractivity (Wildman–Crippen MR) is 58.0 cm³/mol. The molecule has 0 saturated heterocycles. The molecule has 0 aliphatic rings. The van der Waals surface area contributed by atoms with Crippen LogP contribution in [0.3, 0.4) is 0 Å². The second-order valence-electron chi connectivity index (χ2n) is 2.63. The highest BCUT2D eigenvalue weighted by atomic mass is 35.5. The average Bonchev–Trinajstić information content (AvgIpc) is 2.16. The molecule has 0 aliphatic heterocycles. The largest absolute Gasteiger partial charge is 0.398 e. The number of aromatic nitrogens is 1. The molecule has 1 rings (SSSR count). The summed E-state index contributed by atoms with van der Waals surface area (Å²) in [6, 6.07) is 1.68. The van der Waals surface area contributed by atoms with E-state index in [0.717, 1.165) is 0 Å². The van der Waals surface area contributed by atoms with Crippen molar-refractivity contribution in [2.45, 2.75) is 0 Å². The molecule has 1 aromatic rings. The molecule has 0 atom stereocenters. The van der Waals surface area contributed by atoms with E-state index in [0.29, 0.717) is 29.6 Å². The van der Waals surface area contributed by atoms with Crippen LogP contribution in [0.5, 0.6) is 0 Å². The molecule has 76 valence electrons. The van der Waals surface area contributed by atoms with Crippen molar-refractivity contribution in [1.29, 1.82) is 0 Å². The maximum absolute atomic E-state index is 5.83. The Morgan fingerprint density at radius 1 is 1.71 bits per heavy atom. The Bertz CT molecular complexity index is 308. The summed E-state index contributed by atoms with van der Waals surface area (Å²) >= 11 is 5.83.